The zero-order valence-electron chi connectivity index (χ0n) is 21.4. The van der Waals surface area contributed by atoms with Crippen LogP contribution >= 0.6 is 0 Å². The highest BCUT2D eigenvalue weighted by molar-refractivity contribution is 5.97. The van der Waals surface area contributed by atoms with Gasteiger partial charge in [-0.25, -0.2) is 0 Å². The first-order valence-corrected chi connectivity index (χ1v) is 12.5. The number of hydrogen-bond donors (Lipinski definition) is 4. The van der Waals surface area contributed by atoms with Gasteiger partial charge in [-0.15, -0.1) is 0 Å². The monoisotopic (exact) mass is 548 g/mol. The zero-order chi connectivity index (χ0) is 28.6. The van der Waals surface area contributed by atoms with Crippen LogP contribution in [-0.2, 0) is 15.8 Å². The number of nitro groups is 1. The Kier molecular flexibility index (Phi) is 9.68. The van der Waals surface area contributed by atoms with Crippen LogP contribution in [0.5, 0.6) is 0 Å². The molecule has 0 aromatic heterocycles. The van der Waals surface area contributed by atoms with Gasteiger partial charge >= 0.3 is 6.18 Å². The smallest absolute Gasteiger partial charge is 0.382 e. The molecule has 9 nitrogen and oxygen atoms in total. The predicted octanol–water partition coefficient (Wildman–Crippen LogP) is 5.12. The van der Waals surface area contributed by atoms with Crippen molar-refractivity contribution in [2.45, 2.75) is 50.8 Å². The summed E-state index contributed by atoms with van der Waals surface area (Å²) in [6.07, 6.45) is 4.08. The summed E-state index contributed by atoms with van der Waals surface area (Å²) in [4.78, 5) is 34.3. The van der Waals surface area contributed by atoms with Crippen LogP contribution in [0.3, 0.4) is 0 Å². The molecule has 1 aliphatic carbocycles. The number of carbonyl (C=O) groups excluding carboxylic acids is 2. The Morgan fingerprint density at radius 2 is 1.72 bits per heavy atom. The van der Waals surface area contributed by atoms with E-state index < -0.39 is 33.9 Å². The molecular weight excluding hydrogens is 517 g/mol. The summed E-state index contributed by atoms with van der Waals surface area (Å²) in [5.74, 6) is -0.636. The number of alkyl halides is 3. The summed E-state index contributed by atoms with van der Waals surface area (Å²) in [6, 6.07) is 8.87. The lowest BCUT2D eigenvalue weighted by Gasteiger charge is -2.23. The van der Waals surface area contributed by atoms with Gasteiger partial charge in [0.05, 0.1) is 11.5 Å². The van der Waals surface area contributed by atoms with Crippen molar-refractivity contribution in [1.29, 1.82) is 0 Å². The third-order valence-corrected chi connectivity index (χ3v) is 6.51. The highest BCUT2D eigenvalue weighted by Crippen LogP contribution is 2.37. The Morgan fingerprint density at radius 3 is 2.33 bits per heavy atom. The molecule has 1 atom stereocenters. The highest BCUT2D eigenvalue weighted by Gasteiger charge is 2.39. The van der Waals surface area contributed by atoms with E-state index in [0.29, 0.717) is 30.3 Å². The van der Waals surface area contributed by atoms with E-state index in [0.717, 1.165) is 24.5 Å². The first kappa shape index (κ1) is 29.6. The molecule has 4 N–H and O–H groups in total. The molecule has 0 aliphatic heterocycles. The number of nitro benzene ring substituents is 1. The lowest BCUT2D eigenvalue weighted by atomic mass is 9.89. The van der Waals surface area contributed by atoms with Crippen LogP contribution in [-0.4, -0.2) is 40.5 Å². The molecule has 39 heavy (non-hydrogen) atoms. The second kappa shape index (κ2) is 12.7. The molecule has 0 saturated heterocycles. The Bertz CT molecular complexity index is 1210. The Labute approximate surface area is 223 Å². The van der Waals surface area contributed by atoms with Gasteiger partial charge in [0.1, 0.15) is 5.56 Å². The molecule has 1 saturated carbocycles. The van der Waals surface area contributed by atoms with Gasteiger partial charge in [0.15, 0.2) is 5.60 Å². The van der Waals surface area contributed by atoms with Crippen LogP contribution in [0.4, 0.5) is 30.2 Å². The number of aliphatic hydroxyl groups is 1. The van der Waals surface area contributed by atoms with E-state index in [1.807, 2.05) is 0 Å². The molecule has 0 bridgehead atoms. The lowest BCUT2D eigenvalue weighted by Crippen LogP contribution is -2.45. The van der Waals surface area contributed by atoms with Crippen molar-refractivity contribution < 1.29 is 32.8 Å². The number of anilines is 2. The molecule has 1 aliphatic rings. The number of carbonyl (C=O) groups is 2. The Morgan fingerprint density at radius 1 is 1.08 bits per heavy atom. The number of rotatable bonds is 10. The first-order chi connectivity index (χ1) is 18.3. The summed E-state index contributed by atoms with van der Waals surface area (Å²) in [6.45, 7) is 1.57. The van der Waals surface area contributed by atoms with Crippen molar-refractivity contribution in [3.05, 3.63) is 69.8 Å². The summed E-state index contributed by atoms with van der Waals surface area (Å²) in [5.41, 5.74) is -3.73. The van der Waals surface area contributed by atoms with Crippen molar-refractivity contribution in [1.82, 2.24) is 5.32 Å². The number of amides is 2. The van der Waals surface area contributed by atoms with Gasteiger partial charge in [0.25, 0.3) is 11.6 Å². The van der Waals surface area contributed by atoms with Gasteiger partial charge in [-0.1, -0.05) is 31.4 Å². The Hall–Kier alpha value is -3.93. The lowest BCUT2D eigenvalue weighted by molar-refractivity contribution is -0.388. The minimum Gasteiger partial charge on any atom is -0.382 e. The minimum absolute atomic E-state index is 0.166. The van der Waals surface area contributed by atoms with Gasteiger partial charge in [-0.05, 0) is 61.6 Å². The molecule has 3 rings (SSSR count). The average molecular weight is 549 g/mol. The van der Waals surface area contributed by atoms with E-state index in [2.05, 4.69) is 16.0 Å². The second-order valence-corrected chi connectivity index (χ2v) is 9.77. The number of halogens is 3. The fourth-order valence-electron chi connectivity index (χ4n) is 4.20. The van der Waals surface area contributed by atoms with Gasteiger partial charge in [-0.3, -0.25) is 19.7 Å². The largest absolute Gasteiger partial charge is 0.423 e. The van der Waals surface area contributed by atoms with E-state index >= 15 is 0 Å². The number of hydrogen-bond acceptors (Lipinski definition) is 6. The summed E-state index contributed by atoms with van der Waals surface area (Å²) < 4.78 is 39.6. The summed E-state index contributed by atoms with van der Waals surface area (Å²) in [5, 5.41) is 29.4. The van der Waals surface area contributed by atoms with Crippen LogP contribution in [0, 0.1) is 16.0 Å². The highest BCUT2D eigenvalue weighted by atomic mass is 19.4. The molecule has 1 unspecified atom stereocenters. The fourth-order valence-corrected chi connectivity index (χ4v) is 4.20. The van der Waals surface area contributed by atoms with E-state index in [4.69, 9.17) is 0 Å². The second-order valence-electron chi connectivity index (χ2n) is 9.77. The third kappa shape index (κ3) is 8.81. The van der Waals surface area contributed by atoms with Crippen molar-refractivity contribution in [3.63, 3.8) is 0 Å². The van der Waals surface area contributed by atoms with E-state index in [9.17, 15) is 38.0 Å². The van der Waals surface area contributed by atoms with Gasteiger partial charge in [0.2, 0.25) is 5.91 Å². The minimum atomic E-state index is -5.01. The van der Waals surface area contributed by atoms with Crippen LogP contribution in [0.25, 0.3) is 6.08 Å². The van der Waals surface area contributed by atoms with Gasteiger partial charge < -0.3 is 21.1 Å². The molecule has 12 heteroatoms. The fraction of sp³-hybridized carbons (Fsp3) is 0.407. The summed E-state index contributed by atoms with van der Waals surface area (Å²) in [7, 11) is 0. The molecule has 1 fully saturated rings. The first-order valence-electron chi connectivity index (χ1n) is 12.5. The normalized spacial score (nSPS) is 15.9. The summed E-state index contributed by atoms with van der Waals surface area (Å²) >= 11 is 0. The van der Waals surface area contributed by atoms with Crippen molar-refractivity contribution in [2.75, 3.05) is 23.7 Å². The average Bonchev–Trinajstić information content (AvgIpc) is 2.90. The van der Waals surface area contributed by atoms with E-state index in [1.165, 1.54) is 32.3 Å². The standard InChI is InChI=1S/C27H31F3N4O5/c1-26(37,25(36)33-21-12-13-23(34(38)39)22(15-21)27(28,29)30)17-32-20-10-7-18(8-11-20)9-14-24(35)31-16-19-5-3-2-4-6-19/h7-15,19,32,37H,2-6,16-17H2,1H3,(H,31,35)(H,33,36). The maximum absolute atomic E-state index is 13.2. The van der Waals surface area contributed by atoms with Gasteiger partial charge in [0, 0.05) is 30.1 Å². The number of nitrogens with one attached hydrogen (secondary N) is 3. The van der Waals surface area contributed by atoms with Crippen molar-refractivity contribution in [2.24, 2.45) is 5.92 Å². The molecule has 2 amide bonds. The zero-order valence-corrected chi connectivity index (χ0v) is 21.4. The molecule has 0 heterocycles. The third-order valence-electron chi connectivity index (χ3n) is 6.51. The molecule has 0 radical (unpaired) electrons. The number of nitrogens with zero attached hydrogens (tertiary/aromatic N) is 1. The maximum atomic E-state index is 13.2. The van der Waals surface area contributed by atoms with Crippen LogP contribution in [0.2, 0.25) is 0 Å². The topological polar surface area (TPSA) is 134 Å². The van der Waals surface area contributed by atoms with Crippen LogP contribution < -0.4 is 16.0 Å². The van der Waals surface area contributed by atoms with E-state index in [1.54, 1.807) is 30.3 Å². The molecule has 2 aromatic carbocycles. The number of benzene rings is 2. The molecule has 210 valence electrons. The predicted molar refractivity (Wildman–Crippen MR) is 141 cm³/mol. The van der Waals surface area contributed by atoms with Crippen molar-refractivity contribution in [3.8, 4) is 0 Å². The van der Waals surface area contributed by atoms with Gasteiger partial charge in [-0.2, -0.15) is 13.2 Å². The van der Waals surface area contributed by atoms with E-state index in [-0.39, 0.29) is 18.1 Å². The van der Waals surface area contributed by atoms with Crippen LogP contribution in [0.15, 0.2) is 48.5 Å². The molecular formula is C27H31F3N4O5. The van der Waals surface area contributed by atoms with Crippen LogP contribution in [0.1, 0.15) is 50.2 Å². The quantitative estimate of drug-likeness (QED) is 0.185. The van der Waals surface area contributed by atoms with Crippen molar-refractivity contribution >= 4 is 35.0 Å². The SMILES string of the molecule is CC(O)(CNc1ccc(C=CC(=O)NCC2CCCCC2)cc1)C(=O)Nc1ccc([N+](=O)[O-])c(C(F)(F)F)c1. The molecule has 2 aromatic rings. The maximum Gasteiger partial charge on any atom is 0.423 e. The molecule has 0 spiro atoms. The Balaban J connectivity index is 1.52.